The SMILES string of the molecule is Cn1c(CC(=O)C2=CCCC2)nc2ccccc21. The van der Waals surface area contributed by atoms with Crippen LogP contribution in [-0.2, 0) is 18.3 Å². The lowest BCUT2D eigenvalue weighted by atomic mass is 10.1. The highest BCUT2D eigenvalue weighted by atomic mass is 16.1. The van der Waals surface area contributed by atoms with Gasteiger partial charge in [-0.15, -0.1) is 0 Å². The molecule has 1 aliphatic carbocycles. The number of rotatable bonds is 3. The second-order valence-corrected chi connectivity index (χ2v) is 4.80. The molecule has 0 aliphatic heterocycles. The minimum Gasteiger partial charge on any atom is -0.331 e. The van der Waals surface area contributed by atoms with Gasteiger partial charge in [0.05, 0.1) is 17.5 Å². The number of fused-ring (bicyclic) bond motifs is 1. The Morgan fingerprint density at radius 2 is 2.22 bits per heavy atom. The van der Waals surface area contributed by atoms with E-state index >= 15 is 0 Å². The third-order valence-electron chi connectivity index (χ3n) is 3.60. The second kappa shape index (κ2) is 4.41. The van der Waals surface area contributed by atoms with Gasteiger partial charge in [-0.25, -0.2) is 4.98 Å². The number of hydrogen-bond acceptors (Lipinski definition) is 2. The van der Waals surface area contributed by atoms with E-state index in [0.29, 0.717) is 6.42 Å². The maximum atomic E-state index is 12.1. The zero-order valence-electron chi connectivity index (χ0n) is 10.5. The number of hydrogen-bond donors (Lipinski definition) is 0. The molecule has 0 bridgehead atoms. The normalized spacial score (nSPS) is 15.1. The molecular weight excluding hydrogens is 224 g/mol. The molecule has 1 aromatic heterocycles. The number of para-hydroxylation sites is 2. The Bertz CT molecular complexity index is 637. The topological polar surface area (TPSA) is 34.9 Å². The van der Waals surface area contributed by atoms with E-state index in [4.69, 9.17) is 0 Å². The summed E-state index contributed by atoms with van der Waals surface area (Å²) in [6.07, 6.45) is 5.58. The summed E-state index contributed by atoms with van der Waals surface area (Å²) in [5.41, 5.74) is 3.03. The highest BCUT2D eigenvalue weighted by Gasteiger charge is 2.17. The molecule has 0 amide bonds. The Morgan fingerprint density at radius 1 is 1.39 bits per heavy atom. The van der Waals surface area contributed by atoms with E-state index in [1.165, 1.54) is 0 Å². The minimum atomic E-state index is 0.228. The van der Waals surface area contributed by atoms with E-state index in [-0.39, 0.29) is 5.78 Å². The largest absolute Gasteiger partial charge is 0.331 e. The van der Waals surface area contributed by atoms with E-state index < -0.39 is 0 Å². The third-order valence-corrected chi connectivity index (χ3v) is 3.60. The summed E-state index contributed by atoms with van der Waals surface area (Å²) in [6, 6.07) is 7.98. The first-order valence-corrected chi connectivity index (χ1v) is 6.38. The van der Waals surface area contributed by atoms with E-state index in [2.05, 4.69) is 11.1 Å². The Labute approximate surface area is 106 Å². The van der Waals surface area contributed by atoms with Crippen molar-refractivity contribution in [3.8, 4) is 0 Å². The lowest BCUT2D eigenvalue weighted by Gasteiger charge is -2.02. The van der Waals surface area contributed by atoms with Gasteiger partial charge in [0.15, 0.2) is 5.78 Å². The van der Waals surface area contributed by atoms with Crippen LogP contribution in [0.5, 0.6) is 0 Å². The molecule has 0 saturated heterocycles. The van der Waals surface area contributed by atoms with E-state index in [9.17, 15) is 4.79 Å². The molecule has 0 radical (unpaired) electrons. The maximum Gasteiger partial charge on any atom is 0.166 e. The lowest BCUT2D eigenvalue weighted by Crippen LogP contribution is -2.09. The number of carbonyl (C=O) groups is 1. The zero-order chi connectivity index (χ0) is 12.5. The molecule has 3 nitrogen and oxygen atoms in total. The first kappa shape index (κ1) is 11.2. The number of allylic oxidation sites excluding steroid dienone is 2. The molecule has 0 saturated carbocycles. The first-order valence-electron chi connectivity index (χ1n) is 6.38. The first-order chi connectivity index (χ1) is 8.75. The molecule has 0 atom stereocenters. The van der Waals surface area contributed by atoms with Crippen LogP contribution in [0, 0.1) is 0 Å². The Kier molecular flexibility index (Phi) is 2.74. The fraction of sp³-hybridized carbons (Fsp3) is 0.333. The number of ketones is 1. The minimum absolute atomic E-state index is 0.228. The molecule has 1 aromatic carbocycles. The van der Waals surface area contributed by atoms with Crippen LogP contribution in [-0.4, -0.2) is 15.3 Å². The van der Waals surface area contributed by atoms with Crippen molar-refractivity contribution in [2.24, 2.45) is 7.05 Å². The Hall–Kier alpha value is -1.90. The summed E-state index contributed by atoms with van der Waals surface area (Å²) < 4.78 is 2.02. The summed E-state index contributed by atoms with van der Waals surface area (Å²) >= 11 is 0. The quantitative estimate of drug-likeness (QED) is 0.826. The molecule has 18 heavy (non-hydrogen) atoms. The van der Waals surface area contributed by atoms with Crippen molar-refractivity contribution < 1.29 is 4.79 Å². The smallest absolute Gasteiger partial charge is 0.166 e. The predicted octanol–water partition coefficient (Wildman–Crippen LogP) is 2.80. The average Bonchev–Trinajstić information content (AvgIpc) is 3.00. The van der Waals surface area contributed by atoms with Crippen molar-refractivity contribution in [2.45, 2.75) is 25.7 Å². The second-order valence-electron chi connectivity index (χ2n) is 4.80. The van der Waals surface area contributed by atoms with Crippen molar-refractivity contribution in [2.75, 3.05) is 0 Å². The van der Waals surface area contributed by atoms with Crippen molar-refractivity contribution in [3.05, 3.63) is 41.7 Å². The number of benzene rings is 1. The van der Waals surface area contributed by atoms with Gasteiger partial charge in [0.1, 0.15) is 5.82 Å². The van der Waals surface area contributed by atoms with Crippen molar-refractivity contribution in [3.63, 3.8) is 0 Å². The standard InChI is InChI=1S/C15H16N2O/c1-17-13-9-5-4-8-12(13)16-15(17)10-14(18)11-6-2-3-7-11/h4-6,8-9H,2-3,7,10H2,1H3. The molecular formula is C15H16N2O. The lowest BCUT2D eigenvalue weighted by molar-refractivity contribution is -0.115. The monoisotopic (exact) mass is 240 g/mol. The van der Waals surface area contributed by atoms with Gasteiger partial charge in [0, 0.05) is 7.05 Å². The molecule has 3 heteroatoms. The van der Waals surface area contributed by atoms with Gasteiger partial charge in [-0.1, -0.05) is 18.2 Å². The Morgan fingerprint density at radius 3 is 2.94 bits per heavy atom. The predicted molar refractivity (Wildman–Crippen MR) is 71.4 cm³/mol. The summed E-state index contributed by atoms with van der Waals surface area (Å²) in [5.74, 6) is 1.08. The van der Waals surface area contributed by atoms with Gasteiger partial charge >= 0.3 is 0 Å². The van der Waals surface area contributed by atoms with Gasteiger partial charge in [0.25, 0.3) is 0 Å². The number of aromatic nitrogens is 2. The number of Topliss-reactive ketones (excluding diaryl/α,β-unsaturated/α-hetero) is 1. The van der Waals surface area contributed by atoms with Crippen LogP contribution in [0.15, 0.2) is 35.9 Å². The fourth-order valence-corrected chi connectivity index (χ4v) is 2.53. The van der Waals surface area contributed by atoms with E-state index in [1.807, 2.05) is 35.9 Å². The highest BCUT2D eigenvalue weighted by Crippen LogP contribution is 2.21. The van der Waals surface area contributed by atoms with Crippen LogP contribution in [0.25, 0.3) is 11.0 Å². The van der Waals surface area contributed by atoms with Crippen LogP contribution in [0.1, 0.15) is 25.1 Å². The van der Waals surface area contributed by atoms with Crippen LogP contribution in [0.3, 0.4) is 0 Å². The molecule has 1 heterocycles. The summed E-state index contributed by atoms with van der Waals surface area (Å²) in [4.78, 5) is 16.7. The molecule has 3 rings (SSSR count). The number of aryl methyl sites for hydroxylation is 1. The average molecular weight is 240 g/mol. The van der Waals surface area contributed by atoms with Crippen LogP contribution in [0.4, 0.5) is 0 Å². The number of nitrogens with zero attached hydrogens (tertiary/aromatic N) is 2. The summed E-state index contributed by atoms with van der Waals surface area (Å²) in [5, 5.41) is 0. The van der Waals surface area contributed by atoms with Gasteiger partial charge in [-0.2, -0.15) is 0 Å². The summed E-state index contributed by atoms with van der Waals surface area (Å²) in [6.45, 7) is 0. The molecule has 1 aliphatic rings. The van der Waals surface area contributed by atoms with Gasteiger partial charge in [-0.3, -0.25) is 4.79 Å². The van der Waals surface area contributed by atoms with E-state index in [1.54, 1.807) is 0 Å². The molecule has 2 aromatic rings. The zero-order valence-corrected chi connectivity index (χ0v) is 10.5. The van der Waals surface area contributed by atoms with Gasteiger partial charge in [-0.05, 0) is 37.0 Å². The van der Waals surface area contributed by atoms with E-state index in [0.717, 1.165) is 41.7 Å². The van der Waals surface area contributed by atoms with Crippen molar-refractivity contribution in [1.82, 2.24) is 9.55 Å². The number of imidazole rings is 1. The van der Waals surface area contributed by atoms with Crippen molar-refractivity contribution in [1.29, 1.82) is 0 Å². The maximum absolute atomic E-state index is 12.1. The van der Waals surface area contributed by atoms with Crippen molar-refractivity contribution >= 4 is 16.8 Å². The van der Waals surface area contributed by atoms with Crippen LogP contribution < -0.4 is 0 Å². The van der Waals surface area contributed by atoms with Gasteiger partial charge < -0.3 is 4.57 Å². The molecule has 0 unspecified atom stereocenters. The molecule has 0 N–H and O–H groups in total. The molecule has 0 spiro atoms. The number of carbonyl (C=O) groups excluding carboxylic acids is 1. The molecule has 0 fully saturated rings. The molecule has 92 valence electrons. The Balaban J connectivity index is 1.90. The summed E-state index contributed by atoms with van der Waals surface area (Å²) in [7, 11) is 1.97. The van der Waals surface area contributed by atoms with Gasteiger partial charge in [0.2, 0.25) is 0 Å². The van der Waals surface area contributed by atoms with Crippen LogP contribution >= 0.6 is 0 Å². The third kappa shape index (κ3) is 1.86. The van der Waals surface area contributed by atoms with Crippen LogP contribution in [0.2, 0.25) is 0 Å². The highest BCUT2D eigenvalue weighted by molar-refractivity contribution is 5.97. The fourth-order valence-electron chi connectivity index (χ4n) is 2.53.